The van der Waals surface area contributed by atoms with Crippen LogP contribution in [0, 0.1) is 0 Å². The quantitative estimate of drug-likeness (QED) is 0.651. The van der Waals surface area contributed by atoms with Crippen LogP contribution >= 0.6 is 27.3 Å². The summed E-state index contributed by atoms with van der Waals surface area (Å²) < 4.78 is 32.5. The molecule has 0 aromatic carbocycles. The third-order valence-corrected chi connectivity index (χ3v) is 6.11. The van der Waals surface area contributed by atoms with Crippen LogP contribution in [0.4, 0.5) is 0 Å². The number of thiophene rings is 1. The minimum absolute atomic E-state index is 0.242. The van der Waals surface area contributed by atoms with Gasteiger partial charge in [0, 0.05) is 24.6 Å². The van der Waals surface area contributed by atoms with E-state index >= 15 is 0 Å². The number of rotatable bonds is 9. The van der Waals surface area contributed by atoms with E-state index in [-0.39, 0.29) is 11.4 Å². The van der Waals surface area contributed by atoms with Gasteiger partial charge in [0.15, 0.2) is 0 Å². The Hall–Kier alpha value is 0.01000. The van der Waals surface area contributed by atoms with Crippen molar-refractivity contribution in [1.29, 1.82) is 0 Å². The maximum absolute atomic E-state index is 12.0. The van der Waals surface area contributed by atoms with Crippen molar-refractivity contribution in [3.05, 3.63) is 14.7 Å². The molecule has 0 fully saturated rings. The monoisotopic (exact) mass is 370 g/mol. The Morgan fingerprint density at radius 3 is 2.79 bits per heavy atom. The van der Waals surface area contributed by atoms with E-state index in [1.54, 1.807) is 6.07 Å². The smallest absolute Gasteiger partial charge is 0.242 e. The number of unbranched alkanes of at least 4 members (excludes halogenated alkanes) is 1. The van der Waals surface area contributed by atoms with E-state index in [4.69, 9.17) is 10.5 Å². The highest BCUT2D eigenvalue weighted by molar-refractivity contribution is 9.11. The fourth-order valence-corrected chi connectivity index (χ4v) is 4.93. The number of halogens is 1. The summed E-state index contributed by atoms with van der Waals surface area (Å²) in [5.74, 6) is 0. The second-order valence-corrected chi connectivity index (χ2v) is 8.11. The predicted molar refractivity (Wildman–Crippen MR) is 80.8 cm³/mol. The first kappa shape index (κ1) is 17.1. The van der Waals surface area contributed by atoms with Crippen LogP contribution in [-0.4, -0.2) is 28.2 Å². The number of nitrogens with one attached hydrogen (secondary N) is 1. The van der Waals surface area contributed by atoms with Gasteiger partial charge < -0.3 is 10.5 Å². The second-order valence-electron chi connectivity index (χ2n) is 3.92. The lowest BCUT2D eigenvalue weighted by atomic mass is 10.4. The number of ether oxygens (including phenoxy) is 1. The molecule has 0 saturated heterocycles. The summed E-state index contributed by atoms with van der Waals surface area (Å²) in [4.78, 5) is 1.07. The molecule has 19 heavy (non-hydrogen) atoms. The molecular formula is C11H19BrN2O3S2. The van der Waals surface area contributed by atoms with Gasteiger partial charge in [0.05, 0.1) is 10.4 Å². The van der Waals surface area contributed by atoms with E-state index in [1.165, 1.54) is 11.3 Å². The summed E-state index contributed by atoms with van der Waals surface area (Å²) in [6, 6.07) is 1.59. The molecule has 0 saturated carbocycles. The van der Waals surface area contributed by atoms with Crippen LogP contribution in [0.1, 0.15) is 24.6 Å². The molecule has 0 aliphatic carbocycles. The van der Waals surface area contributed by atoms with E-state index in [2.05, 4.69) is 27.6 Å². The van der Waals surface area contributed by atoms with Crippen molar-refractivity contribution in [2.45, 2.75) is 31.2 Å². The third kappa shape index (κ3) is 5.49. The first-order valence-electron chi connectivity index (χ1n) is 6.07. The Labute approximate surface area is 126 Å². The van der Waals surface area contributed by atoms with Crippen LogP contribution in [0.3, 0.4) is 0 Å². The minimum atomic E-state index is -3.49. The molecule has 1 aromatic heterocycles. The van der Waals surface area contributed by atoms with Crippen LogP contribution in [0.15, 0.2) is 14.7 Å². The van der Waals surface area contributed by atoms with Crippen molar-refractivity contribution >= 4 is 37.3 Å². The summed E-state index contributed by atoms with van der Waals surface area (Å²) in [6.07, 6.45) is 2.05. The Balaban J connectivity index is 2.49. The maximum atomic E-state index is 12.0. The van der Waals surface area contributed by atoms with Crippen molar-refractivity contribution in [2.75, 3.05) is 19.8 Å². The van der Waals surface area contributed by atoms with Crippen molar-refractivity contribution in [2.24, 2.45) is 5.73 Å². The number of hydrogen-bond acceptors (Lipinski definition) is 5. The number of sulfonamides is 1. The summed E-state index contributed by atoms with van der Waals surface area (Å²) >= 11 is 4.58. The van der Waals surface area contributed by atoms with Gasteiger partial charge in [-0.2, -0.15) is 0 Å². The molecule has 110 valence electrons. The molecular weight excluding hydrogens is 352 g/mol. The third-order valence-electron chi connectivity index (χ3n) is 2.38. The van der Waals surface area contributed by atoms with Gasteiger partial charge in [0.25, 0.3) is 0 Å². The normalized spacial score (nSPS) is 11.9. The highest BCUT2D eigenvalue weighted by Crippen LogP contribution is 2.31. The first-order chi connectivity index (χ1) is 9.01. The Morgan fingerprint density at radius 2 is 2.21 bits per heavy atom. The highest BCUT2D eigenvalue weighted by Gasteiger charge is 2.19. The van der Waals surface area contributed by atoms with Gasteiger partial charge in [-0.3, -0.25) is 0 Å². The Kier molecular flexibility index (Phi) is 7.48. The molecule has 5 nitrogen and oxygen atoms in total. The van der Waals surface area contributed by atoms with Crippen LogP contribution in [0.5, 0.6) is 0 Å². The predicted octanol–water partition coefficient (Wildman–Crippen LogP) is 2.06. The molecule has 0 atom stereocenters. The van der Waals surface area contributed by atoms with Crippen LogP contribution in [0.2, 0.25) is 0 Å². The Bertz CT molecular complexity index is 488. The second kappa shape index (κ2) is 8.33. The molecule has 0 spiro atoms. The van der Waals surface area contributed by atoms with Crippen LogP contribution < -0.4 is 10.5 Å². The van der Waals surface area contributed by atoms with E-state index < -0.39 is 10.0 Å². The fourth-order valence-electron chi connectivity index (χ4n) is 1.36. The van der Waals surface area contributed by atoms with Crippen molar-refractivity contribution in [1.82, 2.24) is 4.72 Å². The molecule has 0 bridgehead atoms. The van der Waals surface area contributed by atoms with Crippen LogP contribution in [0.25, 0.3) is 0 Å². The van der Waals surface area contributed by atoms with Gasteiger partial charge in [-0.15, -0.1) is 11.3 Å². The van der Waals surface area contributed by atoms with Gasteiger partial charge >= 0.3 is 0 Å². The maximum Gasteiger partial charge on any atom is 0.242 e. The number of nitrogens with two attached hydrogens (primary N) is 1. The highest BCUT2D eigenvalue weighted by atomic mass is 79.9. The van der Waals surface area contributed by atoms with E-state index in [0.717, 1.165) is 17.7 Å². The molecule has 1 aromatic rings. The summed E-state index contributed by atoms with van der Waals surface area (Å²) in [6.45, 7) is 3.73. The van der Waals surface area contributed by atoms with E-state index in [0.29, 0.717) is 23.5 Å². The van der Waals surface area contributed by atoms with Crippen LogP contribution in [-0.2, 0) is 21.3 Å². The summed E-state index contributed by atoms with van der Waals surface area (Å²) in [5, 5.41) is 0. The van der Waals surface area contributed by atoms with E-state index in [1.807, 2.05) is 0 Å². The largest absolute Gasteiger partial charge is 0.380 e. The zero-order valence-corrected chi connectivity index (χ0v) is 14.0. The lowest BCUT2D eigenvalue weighted by Gasteiger charge is -2.06. The molecule has 0 radical (unpaired) electrons. The van der Waals surface area contributed by atoms with Gasteiger partial charge in [-0.1, -0.05) is 13.3 Å². The molecule has 0 unspecified atom stereocenters. The zero-order chi connectivity index (χ0) is 14.3. The lowest BCUT2D eigenvalue weighted by molar-refractivity contribution is 0.136. The molecule has 0 aliphatic heterocycles. The summed E-state index contributed by atoms with van der Waals surface area (Å²) in [7, 11) is -3.49. The zero-order valence-electron chi connectivity index (χ0n) is 10.8. The average Bonchev–Trinajstić information content (AvgIpc) is 2.76. The standard InChI is InChI=1S/C11H19BrN2O3S2/c1-2-3-5-17-6-4-14-19(15,16)10-7-9(8-13)18-11(10)12/h7,14H,2-6,8,13H2,1H3. The molecule has 8 heteroatoms. The SMILES string of the molecule is CCCCOCCNS(=O)(=O)c1cc(CN)sc1Br. The molecule has 3 N–H and O–H groups in total. The Morgan fingerprint density at radius 1 is 1.47 bits per heavy atom. The van der Waals surface area contributed by atoms with Crippen molar-refractivity contribution in [3.8, 4) is 0 Å². The van der Waals surface area contributed by atoms with Crippen molar-refractivity contribution < 1.29 is 13.2 Å². The molecule has 1 heterocycles. The molecule has 0 amide bonds. The molecule has 0 aliphatic rings. The number of hydrogen-bond donors (Lipinski definition) is 2. The lowest BCUT2D eigenvalue weighted by Crippen LogP contribution is -2.27. The van der Waals surface area contributed by atoms with Gasteiger partial charge in [-0.25, -0.2) is 13.1 Å². The fraction of sp³-hybridized carbons (Fsp3) is 0.636. The van der Waals surface area contributed by atoms with Gasteiger partial charge in [0.2, 0.25) is 10.0 Å². The topological polar surface area (TPSA) is 81.4 Å². The first-order valence-corrected chi connectivity index (χ1v) is 9.16. The van der Waals surface area contributed by atoms with E-state index in [9.17, 15) is 8.42 Å². The van der Waals surface area contributed by atoms with Gasteiger partial charge in [0.1, 0.15) is 4.90 Å². The average molecular weight is 371 g/mol. The molecule has 1 rings (SSSR count). The van der Waals surface area contributed by atoms with Gasteiger partial charge in [-0.05, 0) is 28.4 Å². The summed E-state index contributed by atoms with van der Waals surface area (Å²) in [5.41, 5.74) is 5.50. The van der Waals surface area contributed by atoms with Crippen molar-refractivity contribution in [3.63, 3.8) is 0 Å². The minimum Gasteiger partial charge on any atom is -0.380 e.